The highest BCUT2D eigenvalue weighted by molar-refractivity contribution is 5.84. The Kier molecular flexibility index (Phi) is 2.96. The molecule has 4 atom stereocenters. The van der Waals surface area contributed by atoms with Gasteiger partial charge in [0.15, 0.2) is 0 Å². The first kappa shape index (κ1) is 14.3. The van der Waals surface area contributed by atoms with Crippen molar-refractivity contribution in [2.45, 2.75) is 48.0 Å². The molecule has 2 bridgehead atoms. The third kappa shape index (κ3) is 1.39. The second kappa shape index (κ2) is 3.94. The minimum atomic E-state index is -0.669. The Morgan fingerprint density at radius 2 is 1.89 bits per heavy atom. The van der Waals surface area contributed by atoms with Gasteiger partial charge in [0.1, 0.15) is 6.29 Å². The van der Waals surface area contributed by atoms with E-state index in [1.54, 1.807) is 6.92 Å². The van der Waals surface area contributed by atoms with Gasteiger partial charge >= 0.3 is 5.97 Å². The monoisotopic (exact) mass is 264 g/mol. The van der Waals surface area contributed by atoms with E-state index < -0.39 is 5.41 Å². The Hall–Kier alpha value is -1.12. The molecule has 0 N–H and O–H groups in total. The summed E-state index contributed by atoms with van der Waals surface area (Å²) in [4.78, 5) is 24.2. The maximum atomic E-state index is 12.4. The lowest BCUT2D eigenvalue weighted by molar-refractivity contribution is -0.159. The van der Waals surface area contributed by atoms with Crippen LogP contribution < -0.4 is 0 Å². The second-order valence-corrected chi connectivity index (χ2v) is 6.76. The van der Waals surface area contributed by atoms with Crippen molar-refractivity contribution in [3.05, 3.63) is 11.1 Å². The fraction of sp³-hybridized carbons (Fsp3) is 0.750. The Morgan fingerprint density at radius 1 is 1.32 bits per heavy atom. The van der Waals surface area contributed by atoms with Gasteiger partial charge in [0.05, 0.1) is 12.5 Å². The molecule has 3 heteroatoms. The Labute approximate surface area is 115 Å². The van der Waals surface area contributed by atoms with Crippen molar-refractivity contribution in [1.82, 2.24) is 0 Å². The van der Waals surface area contributed by atoms with E-state index in [4.69, 9.17) is 4.74 Å². The van der Waals surface area contributed by atoms with Crippen LogP contribution in [0.4, 0.5) is 0 Å². The van der Waals surface area contributed by atoms with Crippen LogP contribution in [0.2, 0.25) is 0 Å². The van der Waals surface area contributed by atoms with E-state index in [9.17, 15) is 9.59 Å². The van der Waals surface area contributed by atoms with Gasteiger partial charge in [-0.2, -0.15) is 0 Å². The van der Waals surface area contributed by atoms with Gasteiger partial charge in [-0.1, -0.05) is 31.9 Å². The average Bonchev–Trinajstić information content (AvgIpc) is 2.64. The molecule has 2 rings (SSSR count). The molecule has 1 saturated carbocycles. The summed E-state index contributed by atoms with van der Waals surface area (Å²) in [6.07, 6.45) is 1.84. The van der Waals surface area contributed by atoms with E-state index in [0.29, 0.717) is 6.61 Å². The van der Waals surface area contributed by atoms with Gasteiger partial charge in [-0.25, -0.2) is 0 Å². The summed E-state index contributed by atoms with van der Waals surface area (Å²) < 4.78 is 5.25. The van der Waals surface area contributed by atoms with E-state index in [2.05, 4.69) is 27.7 Å². The van der Waals surface area contributed by atoms with Crippen LogP contribution in [0.5, 0.6) is 0 Å². The second-order valence-electron chi connectivity index (χ2n) is 6.76. The lowest BCUT2D eigenvalue weighted by Crippen LogP contribution is -2.48. The average molecular weight is 264 g/mol. The molecule has 2 aliphatic carbocycles. The number of ether oxygens (including phenoxy) is 1. The SMILES string of the molecule is CCOC(=O)C1C2(C)CC(C)(C(C)=C2C)C1(C)C=O. The smallest absolute Gasteiger partial charge is 0.310 e. The summed E-state index contributed by atoms with van der Waals surface area (Å²) in [6.45, 7) is 12.5. The first-order valence-electron chi connectivity index (χ1n) is 7.00. The van der Waals surface area contributed by atoms with Crippen molar-refractivity contribution >= 4 is 12.3 Å². The number of carbonyl (C=O) groups is 2. The summed E-state index contributed by atoms with van der Waals surface area (Å²) in [7, 11) is 0. The maximum absolute atomic E-state index is 12.4. The molecule has 0 aromatic rings. The van der Waals surface area contributed by atoms with Crippen LogP contribution in [0.15, 0.2) is 11.1 Å². The highest BCUT2D eigenvalue weighted by Gasteiger charge is 2.71. The highest BCUT2D eigenvalue weighted by Crippen LogP contribution is 2.73. The van der Waals surface area contributed by atoms with Gasteiger partial charge in [0.2, 0.25) is 0 Å². The molecule has 4 unspecified atom stereocenters. The molecular formula is C16H24O3. The maximum Gasteiger partial charge on any atom is 0.310 e. The molecule has 0 aromatic heterocycles. The molecule has 0 heterocycles. The number of fused-ring (bicyclic) bond motifs is 2. The number of rotatable bonds is 3. The summed E-state index contributed by atoms with van der Waals surface area (Å²) >= 11 is 0. The van der Waals surface area contributed by atoms with Crippen LogP contribution in [0.1, 0.15) is 48.0 Å². The van der Waals surface area contributed by atoms with E-state index in [1.165, 1.54) is 11.1 Å². The molecule has 0 saturated heterocycles. The molecule has 0 radical (unpaired) electrons. The van der Waals surface area contributed by atoms with E-state index in [0.717, 1.165) is 12.7 Å². The predicted molar refractivity (Wildman–Crippen MR) is 73.5 cm³/mol. The number of allylic oxidation sites excluding steroid dienone is 2. The largest absolute Gasteiger partial charge is 0.466 e. The number of esters is 1. The van der Waals surface area contributed by atoms with Crippen LogP contribution >= 0.6 is 0 Å². The van der Waals surface area contributed by atoms with Gasteiger partial charge in [-0.15, -0.1) is 0 Å². The minimum absolute atomic E-state index is 0.227. The Morgan fingerprint density at radius 3 is 2.37 bits per heavy atom. The lowest BCUT2D eigenvalue weighted by Gasteiger charge is -2.45. The third-order valence-electron chi connectivity index (χ3n) is 6.16. The normalized spacial score (nSPS) is 44.6. The molecular weight excluding hydrogens is 240 g/mol. The third-order valence-corrected chi connectivity index (χ3v) is 6.16. The predicted octanol–water partition coefficient (Wildman–Crippen LogP) is 3.14. The van der Waals surface area contributed by atoms with Crippen LogP contribution in [0, 0.1) is 22.2 Å². The van der Waals surface area contributed by atoms with Gasteiger partial charge in [-0.3, -0.25) is 4.79 Å². The van der Waals surface area contributed by atoms with Crippen molar-refractivity contribution in [3.8, 4) is 0 Å². The van der Waals surface area contributed by atoms with Crippen molar-refractivity contribution in [3.63, 3.8) is 0 Å². The van der Waals surface area contributed by atoms with E-state index in [1.807, 2.05) is 6.92 Å². The van der Waals surface area contributed by atoms with E-state index in [-0.39, 0.29) is 22.7 Å². The van der Waals surface area contributed by atoms with Crippen LogP contribution in [0.3, 0.4) is 0 Å². The highest BCUT2D eigenvalue weighted by atomic mass is 16.5. The number of hydrogen-bond acceptors (Lipinski definition) is 3. The fourth-order valence-corrected chi connectivity index (χ4v) is 4.66. The van der Waals surface area contributed by atoms with Gasteiger partial charge in [-0.05, 0) is 27.2 Å². The standard InChI is InChI=1S/C16H24O3/c1-7-19-13(18)12-14(4)8-15(5,11(3)10(14)2)16(12,6)9-17/h9,12H,7-8H2,1-6H3. The van der Waals surface area contributed by atoms with Crippen LogP contribution in [-0.4, -0.2) is 18.9 Å². The van der Waals surface area contributed by atoms with Gasteiger partial charge in [0.25, 0.3) is 0 Å². The molecule has 0 aliphatic heterocycles. The van der Waals surface area contributed by atoms with Crippen molar-refractivity contribution < 1.29 is 14.3 Å². The molecule has 3 nitrogen and oxygen atoms in total. The summed E-state index contributed by atoms with van der Waals surface area (Å²) in [5, 5.41) is 0. The molecule has 19 heavy (non-hydrogen) atoms. The Balaban J connectivity index is 2.62. The Bertz CT molecular complexity index is 478. The molecule has 1 fully saturated rings. The first-order valence-corrected chi connectivity index (χ1v) is 7.00. The first-order chi connectivity index (χ1) is 8.69. The van der Waals surface area contributed by atoms with Crippen LogP contribution in [-0.2, 0) is 14.3 Å². The summed E-state index contributed by atoms with van der Waals surface area (Å²) in [5.41, 5.74) is 1.38. The van der Waals surface area contributed by atoms with Crippen molar-refractivity contribution in [2.24, 2.45) is 22.2 Å². The fourth-order valence-electron chi connectivity index (χ4n) is 4.66. The zero-order valence-corrected chi connectivity index (χ0v) is 12.8. The topological polar surface area (TPSA) is 43.4 Å². The molecule has 0 amide bonds. The summed E-state index contributed by atoms with van der Waals surface area (Å²) in [6, 6.07) is 0. The lowest BCUT2D eigenvalue weighted by atomic mass is 9.57. The van der Waals surface area contributed by atoms with Crippen molar-refractivity contribution in [2.75, 3.05) is 6.61 Å². The molecule has 0 spiro atoms. The van der Waals surface area contributed by atoms with Crippen molar-refractivity contribution in [1.29, 1.82) is 0 Å². The summed E-state index contributed by atoms with van der Waals surface area (Å²) in [5.74, 6) is -0.596. The number of carbonyl (C=O) groups excluding carboxylic acids is 2. The van der Waals surface area contributed by atoms with Gasteiger partial charge < -0.3 is 9.53 Å². The minimum Gasteiger partial charge on any atom is -0.466 e. The quantitative estimate of drug-likeness (QED) is 0.447. The zero-order valence-electron chi connectivity index (χ0n) is 12.8. The molecule has 2 aliphatic rings. The van der Waals surface area contributed by atoms with Gasteiger partial charge in [0, 0.05) is 16.2 Å². The number of hydrogen-bond donors (Lipinski definition) is 0. The van der Waals surface area contributed by atoms with Crippen LogP contribution in [0.25, 0.3) is 0 Å². The van der Waals surface area contributed by atoms with E-state index >= 15 is 0 Å². The molecule has 106 valence electrons. The zero-order chi connectivity index (χ0) is 14.6. The molecule has 0 aromatic carbocycles. The number of aldehydes is 1.